The summed E-state index contributed by atoms with van der Waals surface area (Å²) >= 11 is 4.91. The maximum absolute atomic E-state index is 13.8. The number of halogens is 1. The lowest BCUT2D eigenvalue weighted by atomic mass is 9.85. The SMILES string of the molecule is CC(=O)OC(c1nn(C)c2c1C1CCC(C2)N1C)C1(Br)C(=O)N2C(C(=O)OCc3ccc([N+](=O)[O-])cc3)=CS[C@@H]21. The minimum absolute atomic E-state index is 0.0662. The second-order valence-corrected chi connectivity index (χ2v) is 12.7. The number of amides is 1. The molecule has 0 N–H and O–H groups in total. The first-order valence-electron chi connectivity index (χ1n) is 12.8. The molecule has 0 spiro atoms. The summed E-state index contributed by atoms with van der Waals surface area (Å²) in [5.41, 5.74) is 3.24. The molecule has 4 aliphatic rings. The molecule has 12 nitrogen and oxygen atoms in total. The highest BCUT2D eigenvalue weighted by Crippen LogP contribution is 2.59. The number of esters is 2. The van der Waals surface area contributed by atoms with Gasteiger partial charge in [0, 0.05) is 61.3 Å². The van der Waals surface area contributed by atoms with E-state index in [1.165, 1.54) is 47.9 Å². The van der Waals surface area contributed by atoms with E-state index in [1.54, 1.807) is 5.41 Å². The van der Waals surface area contributed by atoms with Gasteiger partial charge in [0.2, 0.25) is 0 Å². The minimum atomic E-state index is -1.34. The van der Waals surface area contributed by atoms with E-state index in [4.69, 9.17) is 14.6 Å². The first-order valence-corrected chi connectivity index (χ1v) is 14.5. The number of alkyl halides is 1. The van der Waals surface area contributed by atoms with Crippen LogP contribution in [0.4, 0.5) is 5.69 Å². The van der Waals surface area contributed by atoms with Gasteiger partial charge in [0.25, 0.3) is 11.6 Å². The topological polar surface area (TPSA) is 137 Å². The number of nitro benzene ring substituents is 1. The molecule has 0 radical (unpaired) electrons. The summed E-state index contributed by atoms with van der Waals surface area (Å²) in [7, 11) is 3.97. The molecule has 4 unspecified atom stereocenters. The van der Waals surface area contributed by atoms with Gasteiger partial charge in [0.1, 0.15) is 23.4 Å². The van der Waals surface area contributed by atoms with E-state index < -0.39 is 38.6 Å². The van der Waals surface area contributed by atoms with Crippen molar-refractivity contribution in [3.05, 3.63) is 68.0 Å². The standard InChI is InChI=1S/C26H26BrN5O7S/c1-13(33)39-22(21-20-17-9-8-16(29(17)2)10-18(20)30(3)28-21)26(27)24(35)31-19(12-40-25(26)31)23(34)38-11-14-4-6-15(7-5-14)32(36)37/h4-7,12,16-17,22,25H,8-11H2,1-3H3/t16?,17?,22?,25-,26?/m1/s1. The second kappa shape index (κ2) is 9.70. The number of nitrogens with zero attached hydrogens (tertiary/aromatic N) is 5. The lowest BCUT2D eigenvalue weighted by Crippen LogP contribution is -2.70. The number of carbonyl (C=O) groups excluding carboxylic acids is 3. The molecule has 2 saturated heterocycles. The van der Waals surface area contributed by atoms with Crippen LogP contribution < -0.4 is 0 Å². The normalized spacial score (nSPS) is 27.4. The predicted octanol–water partition coefficient (Wildman–Crippen LogP) is 3.26. The van der Waals surface area contributed by atoms with Crippen LogP contribution in [0.2, 0.25) is 0 Å². The van der Waals surface area contributed by atoms with E-state index in [-0.39, 0.29) is 24.0 Å². The van der Waals surface area contributed by atoms with Crippen LogP contribution in [-0.2, 0) is 43.9 Å². The Kier molecular flexibility index (Phi) is 6.54. The van der Waals surface area contributed by atoms with Crippen molar-refractivity contribution in [3.63, 3.8) is 0 Å². The molecule has 40 heavy (non-hydrogen) atoms. The minimum Gasteiger partial charge on any atom is -0.456 e. The molecule has 0 saturated carbocycles. The molecular weight excluding hydrogens is 606 g/mol. The molecule has 14 heteroatoms. The van der Waals surface area contributed by atoms with Crippen molar-refractivity contribution >= 4 is 51.2 Å². The van der Waals surface area contributed by atoms with E-state index in [0.29, 0.717) is 17.3 Å². The predicted molar refractivity (Wildman–Crippen MR) is 146 cm³/mol. The third kappa shape index (κ3) is 3.98. The highest BCUT2D eigenvalue weighted by Gasteiger charge is 2.70. The first-order chi connectivity index (χ1) is 19.0. The van der Waals surface area contributed by atoms with E-state index in [9.17, 15) is 24.5 Å². The Morgan fingerprint density at radius 1 is 1.27 bits per heavy atom. The largest absolute Gasteiger partial charge is 0.456 e. The molecule has 2 fully saturated rings. The van der Waals surface area contributed by atoms with E-state index in [1.807, 2.05) is 11.7 Å². The van der Waals surface area contributed by atoms with E-state index in [0.717, 1.165) is 30.5 Å². The molecule has 1 amide bonds. The van der Waals surface area contributed by atoms with Gasteiger partial charge in [-0.15, -0.1) is 11.8 Å². The van der Waals surface area contributed by atoms with Crippen molar-refractivity contribution in [1.82, 2.24) is 19.6 Å². The third-order valence-corrected chi connectivity index (χ3v) is 10.9. The number of fused-ring (bicyclic) bond motifs is 5. The summed E-state index contributed by atoms with van der Waals surface area (Å²) < 4.78 is 11.7. The number of hydrogen-bond acceptors (Lipinski definition) is 10. The maximum Gasteiger partial charge on any atom is 0.355 e. The zero-order valence-electron chi connectivity index (χ0n) is 21.9. The van der Waals surface area contributed by atoms with Gasteiger partial charge in [-0.25, -0.2) is 4.79 Å². The fourth-order valence-corrected chi connectivity index (χ4v) is 8.41. The fraction of sp³-hybridized carbons (Fsp3) is 0.462. The van der Waals surface area contributed by atoms with Crippen LogP contribution >= 0.6 is 27.7 Å². The molecule has 2 aromatic rings. The van der Waals surface area contributed by atoms with Gasteiger partial charge in [-0.2, -0.15) is 5.10 Å². The zero-order valence-corrected chi connectivity index (χ0v) is 24.3. The van der Waals surface area contributed by atoms with Crippen LogP contribution in [0.3, 0.4) is 0 Å². The molecule has 5 atom stereocenters. The average Bonchev–Trinajstić information content (AvgIpc) is 3.55. The number of benzene rings is 1. The van der Waals surface area contributed by atoms with Gasteiger partial charge >= 0.3 is 11.9 Å². The van der Waals surface area contributed by atoms with Crippen molar-refractivity contribution in [1.29, 1.82) is 0 Å². The lowest BCUT2D eigenvalue weighted by Gasteiger charge is -2.51. The molecule has 5 heterocycles. The van der Waals surface area contributed by atoms with Gasteiger partial charge < -0.3 is 9.47 Å². The van der Waals surface area contributed by atoms with Crippen LogP contribution in [0, 0.1) is 10.1 Å². The number of ether oxygens (including phenoxy) is 2. The van der Waals surface area contributed by atoms with Crippen LogP contribution in [0.25, 0.3) is 0 Å². The Balaban J connectivity index is 1.23. The number of β-lactam (4-membered cyclic amide) rings is 1. The van der Waals surface area contributed by atoms with Crippen molar-refractivity contribution in [2.45, 2.75) is 60.7 Å². The molecule has 1 aromatic heterocycles. The number of rotatable bonds is 7. The summed E-state index contributed by atoms with van der Waals surface area (Å²) in [6.07, 6.45) is 1.85. The van der Waals surface area contributed by atoms with Gasteiger partial charge in [-0.05, 0) is 37.6 Å². The number of carbonyl (C=O) groups is 3. The van der Waals surface area contributed by atoms with Crippen molar-refractivity contribution in [2.75, 3.05) is 7.05 Å². The Hall–Kier alpha value is -3.23. The number of non-ortho nitro benzene ring substituents is 1. The van der Waals surface area contributed by atoms with Crippen molar-refractivity contribution < 1.29 is 28.8 Å². The zero-order chi connectivity index (χ0) is 28.5. The fourth-order valence-electron chi connectivity index (χ4n) is 6.16. The number of aromatic nitrogens is 2. The summed E-state index contributed by atoms with van der Waals surface area (Å²) in [6.45, 7) is 1.19. The van der Waals surface area contributed by atoms with Gasteiger partial charge in [0.05, 0.1) is 4.92 Å². The summed E-state index contributed by atoms with van der Waals surface area (Å²) in [4.78, 5) is 53.1. The Morgan fingerprint density at radius 2 is 2.00 bits per heavy atom. The molecule has 2 bridgehead atoms. The molecule has 4 aliphatic heterocycles. The first kappa shape index (κ1) is 27.0. The highest BCUT2D eigenvalue weighted by molar-refractivity contribution is 9.10. The summed E-state index contributed by atoms with van der Waals surface area (Å²) in [5.74, 6) is -1.67. The van der Waals surface area contributed by atoms with Crippen LogP contribution in [-0.4, -0.2) is 65.1 Å². The van der Waals surface area contributed by atoms with E-state index in [2.05, 4.69) is 27.9 Å². The average molecular weight is 632 g/mol. The van der Waals surface area contributed by atoms with Gasteiger partial charge in [0.15, 0.2) is 10.4 Å². The molecule has 0 aliphatic carbocycles. The Morgan fingerprint density at radius 3 is 2.67 bits per heavy atom. The number of likely N-dealkylation sites (N-methyl/N-ethyl adjacent to an activating group) is 1. The Labute approximate surface area is 241 Å². The third-order valence-electron chi connectivity index (χ3n) is 8.19. The summed E-state index contributed by atoms with van der Waals surface area (Å²) in [6, 6.07) is 6.23. The van der Waals surface area contributed by atoms with Crippen LogP contribution in [0.1, 0.15) is 54.4 Å². The monoisotopic (exact) mass is 631 g/mol. The number of aryl methyl sites for hydroxylation is 1. The Bertz CT molecular complexity index is 1480. The quantitative estimate of drug-likeness (QED) is 0.147. The van der Waals surface area contributed by atoms with Gasteiger partial charge in [-0.3, -0.25) is 34.2 Å². The van der Waals surface area contributed by atoms with E-state index >= 15 is 0 Å². The number of thioether (sulfide) groups is 1. The van der Waals surface area contributed by atoms with Gasteiger partial charge in [-0.1, -0.05) is 15.9 Å². The van der Waals surface area contributed by atoms with Crippen molar-refractivity contribution in [3.8, 4) is 0 Å². The highest BCUT2D eigenvalue weighted by atomic mass is 79.9. The number of nitro groups is 1. The van der Waals surface area contributed by atoms with Crippen LogP contribution in [0.5, 0.6) is 0 Å². The molecule has 210 valence electrons. The molecular formula is C26H26BrN5O7S. The lowest BCUT2D eigenvalue weighted by molar-refractivity contribution is -0.384. The molecule has 1 aromatic carbocycles. The number of hydrogen-bond donors (Lipinski definition) is 0. The smallest absolute Gasteiger partial charge is 0.355 e. The maximum atomic E-state index is 13.8. The summed E-state index contributed by atoms with van der Waals surface area (Å²) in [5, 5.41) is 16.6. The van der Waals surface area contributed by atoms with Crippen molar-refractivity contribution in [2.24, 2.45) is 7.05 Å². The van der Waals surface area contributed by atoms with Crippen LogP contribution in [0.15, 0.2) is 35.4 Å². The second-order valence-electron chi connectivity index (χ2n) is 10.4. The molecule has 6 rings (SSSR count).